The van der Waals surface area contributed by atoms with Gasteiger partial charge in [-0.15, -0.1) is 0 Å². The van der Waals surface area contributed by atoms with Gasteiger partial charge >= 0.3 is 5.69 Å². The van der Waals surface area contributed by atoms with Gasteiger partial charge in [-0.2, -0.15) is 0 Å². The molecule has 0 radical (unpaired) electrons. The van der Waals surface area contributed by atoms with Gasteiger partial charge in [0.05, 0.1) is 0 Å². The van der Waals surface area contributed by atoms with Gasteiger partial charge in [-0.3, -0.25) is 9.36 Å². The molecule has 1 heterocycles. The Morgan fingerprint density at radius 2 is 2.40 bits per heavy atom. The van der Waals surface area contributed by atoms with E-state index in [4.69, 9.17) is 0 Å². The number of nitrogens with zero attached hydrogens (tertiary/aromatic N) is 2. The summed E-state index contributed by atoms with van der Waals surface area (Å²) in [7, 11) is 0. The Morgan fingerprint density at radius 3 is 3.00 bits per heavy atom. The molecule has 0 unspecified atom stereocenters. The molecule has 1 aromatic heterocycles. The predicted molar refractivity (Wildman–Crippen MR) is 59.6 cm³/mol. The average Bonchev–Trinajstić information content (AvgIpc) is 2.18. The van der Waals surface area contributed by atoms with E-state index in [1.807, 2.05) is 0 Å². The van der Waals surface area contributed by atoms with Crippen molar-refractivity contribution in [3.63, 3.8) is 0 Å². The number of nitrogens with one attached hydrogen (secondary N) is 1. The monoisotopic (exact) mass is 271 g/mol. The van der Waals surface area contributed by atoms with Gasteiger partial charge in [0, 0.05) is 23.4 Å². The molecule has 0 saturated carbocycles. The normalized spacial score (nSPS) is 9.67. The van der Waals surface area contributed by atoms with Crippen LogP contribution >= 0.6 is 15.9 Å². The second-order valence-electron chi connectivity index (χ2n) is 2.82. The number of carbonyl (C=O) groups is 1. The van der Waals surface area contributed by atoms with Crippen LogP contribution in [-0.4, -0.2) is 22.0 Å². The summed E-state index contributed by atoms with van der Waals surface area (Å²) in [4.78, 5) is 26.0. The molecule has 0 atom stereocenters. The summed E-state index contributed by atoms with van der Waals surface area (Å²) in [5, 5.41) is 2.58. The fraction of sp³-hybridized carbons (Fsp3) is 0.222. The minimum absolute atomic E-state index is 0.0348. The average molecular weight is 272 g/mol. The first-order chi connectivity index (χ1) is 7.09. The fourth-order valence-corrected chi connectivity index (χ4v) is 1.05. The third-order valence-corrected chi connectivity index (χ3v) is 1.85. The van der Waals surface area contributed by atoms with E-state index in [9.17, 15) is 9.59 Å². The van der Waals surface area contributed by atoms with Gasteiger partial charge < -0.3 is 5.32 Å². The number of rotatable bonds is 4. The van der Waals surface area contributed by atoms with Crippen LogP contribution in [0.25, 0.3) is 0 Å². The van der Waals surface area contributed by atoms with Crippen molar-refractivity contribution >= 4 is 21.8 Å². The van der Waals surface area contributed by atoms with Gasteiger partial charge in [-0.25, -0.2) is 9.78 Å². The summed E-state index contributed by atoms with van der Waals surface area (Å²) in [6, 6.07) is 1.60. The van der Waals surface area contributed by atoms with Crippen LogP contribution in [0.4, 0.5) is 0 Å². The zero-order valence-electron chi connectivity index (χ0n) is 7.94. The summed E-state index contributed by atoms with van der Waals surface area (Å²) in [6.07, 6.45) is 2.90. The van der Waals surface area contributed by atoms with Crippen molar-refractivity contribution in [3.8, 4) is 0 Å². The van der Waals surface area contributed by atoms with Gasteiger partial charge in [-0.1, -0.05) is 22.5 Å². The Morgan fingerprint density at radius 1 is 1.67 bits per heavy atom. The highest BCUT2D eigenvalue weighted by Gasteiger charge is 2.03. The molecule has 0 saturated heterocycles. The lowest BCUT2D eigenvalue weighted by Gasteiger charge is -2.05. The maximum Gasteiger partial charge on any atom is 0.347 e. The number of hydrogen-bond acceptors (Lipinski definition) is 3. The minimum atomic E-state index is -0.440. The van der Waals surface area contributed by atoms with E-state index < -0.39 is 5.69 Å². The number of halogens is 1. The summed E-state index contributed by atoms with van der Waals surface area (Å²) in [6.45, 7) is 3.88. The molecule has 1 N–H and O–H groups in total. The van der Waals surface area contributed by atoms with Gasteiger partial charge in [0.25, 0.3) is 0 Å². The second-order valence-corrected chi connectivity index (χ2v) is 3.95. The lowest BCUT2D eigenvalue weighted by Crippen LogP contribution is -2.33. The summed E-state index contributed by atoms with van der Waals surface area (Å²) in [5.74, 6) is -0.259. The molecule has 6 heteroatoms. The topological polar surface area (TPSA) is 64.0 Å². The smallest absolute Gasteiger partial charge is 0.347 e. The summed E-state index contributed by atoms with van der Waals surface area (Å²) in [5.41, 5.74) is -0.440. The molecule has 1 amide bonds. The highest BCUT2D eigenvalue weighted by Crippen LogP contribution is 1.96. The van der Waals surface area contributed by atoms with Crippen molar-refractivity contribution in [3.05, 3.63) is 40.0 Å². The van der Waals surface area contributed by atoms with Crippen molar-refractivity contribution in [1.29, 1.82) is 0 Å². The highest BCUT2D eigenvalue weighted by atomic mass is 79.9. The molecular weight excluding hydrogens is 262 g/mol. The Balaban J connectivity index is 2.56. The predicted octanol–water partition coefficient (Wildman–Crippen LogP) is 0.268. The zero-order valence-corrected chi connectivity index (χ0v) is 9.53. The Bertz CT molecular complexity index is 427. The number of amides is 1. The molecule has 5 nitrogen and oxygen atoms in total. The van der Waals surface area contributed by atoms with Crippen LogP contribution in [0, 0.1) is 0 Å². The molecule has 0 bridgehead atoms. The summed E-state index contributed by atoms with van der Waals surface area (Å²) >= 11 is 3.11. The molecule has 15 heavy (non-hydrogen) atoms. The molecule has 0 aliphatic rings. The number of hydrogen-bond donors (Lipinski definition) is 1. The van der Waals surface area contributed by atoms with Gasteiger partial charge in [0.2, 0.25) is 5.91 Å². The first-order valence-corrected chi connectivity index (χ1v) is 5.00. The van der Waals surface area contributed by atoms with Crippen LogP contribution in [0.5, 0.6) is 0 Å². The quantitative estimate of drug-likeness (QED) is 0.855. The first-order valence-electron chi connectivity index (χ1n) is 4.21. The highest BCUT2D eigenvalue weighted by molar-refractivity contribution is 9.11. The third-order valence-electron chi connectivity index (χ3n) is 1.57. The maximum atomic E-state index is 11.3. The fourth-order valence-electron chi connectivity index (χ4n) is 0.913. The van der Waals surface area contributed by atoms with Crippen molar-refractivity contribution in [2.75, 3.05) is 6.54 Å². The summed E-state index contributed by atoms with van der Waals surface area (Å²) < 4.78 is 1.90. The van der Waals surface area contributed by atoms with Crippen molar-refractivity contribution in [2.45, 2.75) is 6.54 Å². The maximum absolute atomic E-state index is 11.3. The first kappa shape index (κ1) is 11.6. The Hall–Kier alpha value is -1.43. The molecule has 0 aliphatic carbocycles. The standard InChI is InChI=1S/C9H10BrN3O2/c1-7(10)5-12-8(14)6-13-4-2-3-11-9(13)15/h2-4H,1,5-6H2,(H,12,14). The van der Waals surface area contributed by atoms with Crippen LogP contribution in [0.2, 0.25) is 0 Å². The Kier molecular flexibility index (Phi) is 4.23. The van der Waals surface area contributed by atoms with Crippen molar-refractivity contribution in [2.24, 2.45) is 0 Å². The number of carbonyl (C=O) groups excluding carboxylic acids is 1. The van der Waals surface area contributed by atoms with E-state index >= 15 is 0 Å². The van der Waals surface area contributed by atoms with Gasteiger partial charge in [-0.05, 0) is 6.07 Å². The van der Waals surface area contributed by atoms with Gasteiger partial charge in [0.15, 0.2) is 0 Å². The van der Waals surface area contributed by atoms with Crippen LogP contribution in [0.1, 0.15) is 0 Å². The lowest BCUT2D eigenvalue weighted by molar-refractivity contribution is -0.121. The minimum Gasteiger partial charge on any atom is -0.350 e. The van der Waals surface area contributed by atoms with Crippen molar-refractivity contribution < 1.29 is 4.79 Å². The third kappa shape index (κ3) is 4.07. The van der Waals surface area contributed by atoms with E-state index in [0.717, 1.165) is 0 Å². The number of aromatic nitrogens is 2. The molecule has 1 rings (SSSR count). The largest absolute Gasteiger partial charge is 0.350 e. The molecule has 80 valence electrons. The van der Waals surface area contributed by atoms with E-state index in [0.29, 0.717) is 11.0 Å². The van der Waals surface area contributed by atoms with Crippen LogP contribution in [-0.2, 0) is 11.3 Å². The molecule has 0 fully saturated rings. The van der Waals surface area contributed by atoms with Crippen molar-refractivity contribution in [1.82, 2.24) is 14.9 Å². The molecule has 0 aliphatic heterocycles. The van der Waals surface area contributed by atoms with E-state index in [1.54, 1.807) is 6.07 Å². The van der Waals surface area contributed by atoms with Crippen LogP contribution in [0.3, 0.4) is 0 Å². The van der Waals surface area contributed by atoms with Gasteiger partial charge in [0.1, 0.15) is 6.54 Å². The van der Waals surface area contributed by atoms with Crippen LogP contribution in [0.15, 0.2) is 34.3 Å². The van der Waals surface area contributed by atoms with E-state index in [2.05, 4.69) is 32.8 Å². The second kappa shape index (κ2) is 5.45. The van der Waals surface area contributed by atoms with E-state index in [-0.39, 0.29) is 12.5 Å². The SMILES string of the molecule is C=C(Br)CNC(=O)Cn1cccnc1=O. The molecule has 0 aromatic carbocycles. The molecule has 0 spiro atoms. The van der Waals surface area contributed by atoms with Crippen LogP contribution < -0.4 is 11.0 Å². The molecule has 1 aromatic rings. The molecular formula is C9H10BrN3O2. The van der Waals surface area contributed by atoms with E-state index in [1.165, 1.54) is 17.0 Å². The zero-order chi connectivity index (χ0) is 11.3. The lowest BCUT2D eigenvalue weighted by atomic mass is 10.5. The Labute approximate surface area is 95.0 Å².